The molecule has 0 saturated heterocycles. The van der Waals surface area contributed by atoms with Gasteiger partial charge in [0, 0.05) is 0 Å². The van der Waals surface area contributed by atoms with Gasteiger partial charge in [0.2, 0.25) is 15.9 Å². The van der Waals surface area contributed by atoms with Crippen LogP contribution in [-0.2, 0) is 27.7 Å². The molecule has 0 aliphatic heterocycles. The van der Waals surface area contributed by atoms with E-state index in [0.717, 1.165) is 42.5 Å². The largest absolute Gasteiger partial charge is 0.348 e. The Hall–Kier alpha value is -3.03. The zero-order chi connectivity index (χ0) is 22.6. The van der Waals surface area contributed by atoms with E-state index in [9.17, 15) is 17.6 Å². The predicted octanol–water partition coefficient (Wildman–Crippen LogP) is 3.91. The Labute approximate surface area is 187 Å². The van der Waals surface area contributed by atoms with Gasteiger partial charge in [0.05, 0.1) is 10.9 Å². The summed E-state index contributed by atoms with van der Waals surface area (Å²) in [6, 6.07) is 20.6. The van der Waals surface area contributed by atoms with Crippen LogP contribution in [-0.4, -0.2) is 20.4 Å². The fourth-order valence-corrected chi connectivity index (χ4v) is 5.28. The average Bonchev–Trinajstić information content (AvgIpc) is 2.80. The van der Waals surface area contributed by atoms with Crippen LogP contribution in [0.2, 0.25) is 0 Å². The molecule has 0 aromatic heterocycles. The number of carbonyl (C=O) groups excluding carboxylic acids is 1. The van der Waals surface area contributed by atoms with Crippen molar-refractivity contribution >= 4 is 15.9 Å². The molecule has 0 heterocycles. The number of nitrogens with one attached hydrogen (secondary N) is 2. The minimum Gasteiger partial charge on any atom is -0.348 e. The molecular weight excluding hydrogens is 427 g/mol. The Balaban J connectivity index is 1.58. The molecule has 2 atom stereocenters. The lowest BCUT2D eigenvalue weighted by atomic mass is 9.87. The lowest BCUT2D eigenvalue weighted by Crippen LogP contribution is -2.49. The number of fused-ring (bicyclic) bond motifs is 1. The molecule has 1 aliphatic rings. The van der Waals surface area contributed by atoms with Gasteiger partial charge in [-0.3, -0.25) is 4.79 Å². The lowest BCUT2D eigenvalue weighted by molar-refractivity contribution is -0.123. The number of rotatable bonds is 7. The van der Waals surface area contributed by atoms with E-state index in [4.69, 9.17) is 0 Å². The van der Waals surface area contributed by atoms with Crippen molar-refractivity contribution in [2.24, 2.45) is 0 Å². The normalized spacial score (nSPS) is 16.7. The van der Waals surface area contributed by atoms with Crippen LogP contribution in [0, 0.1) is 5.82 Å². The molecule has 1 amide bonds. The van der Waals surface area contributed by atoms with E-state index in [1.54, 1.807) is 0 Å². The van der Waals surface area contributed by atoms with E-state index in [1.807, 2.05) is 48.5 Å². The Kier molecular flexibility index (Phi) is 6.67. The summed E-state index contributed by atoms with van der Waals surface area (Å²) in [7, 11) is -4.02. The molecule has 5 nitrogen and oxygen atoms in total. The molecule has 0 unspecified atom stereocenters. The van der Waals surface area contributed by atoms with Crippen LogP contribution in [0.5, 0.6) is 0 Å². The fraction of sp³-hybridized carbons (Fsp3) is 0.240. The summed E-state index contributed by atoms with van der Waals surface area (Å²) < 4.78 is 41.6. The summed E-state index contributed by atoms with van der Waals surface area (Å²) in [6.07, 6.45) is 2.91. The summed E-state index contributed by atoms with van der Waals surface area (Å²) >= 11 is 0. The van der Waals surface area contributed by atoms with Gasteiger partial charge < -0.3 is 5.32 Å². The zero-order valence-corrected chi connectivity index (χ0v) is 18.3. The second kappa shape index (κ2) is 9.63. The molecule has 0 radical (unpaired) electrons. The molecule has 1 aliphatic carbocycles. The Bertz CT molecular complexity index is 1180. The van der Waals surface area contributed by atoms with Crippen molar-refractivity contribution < 1.29 is 17.6 Å². The zero-order valence-electron chi connectivity index (χ0n) is 17.5. The minimum absolute atomic E-state index is 0.0900. The molecule has 7 heteroatoms. The maximum atomic E-state index is 13.3. The maximum absolute atomic E-state index is 13.3. The molecule has 2 N–H and O–H groups in total. The SMILES string of the molecule is O=C(N[C@H]1CCCc2ccccc21)[C@H](Cc1ccccc1)NS(=O)(=O)c1ccc(F)cc1. The number of halogens is 1. The van der Waals surface area contributed by atoms with Gasteiger partial charge in [0.25, 0.3) is 0 Å². The molecule has 0 fully saturated rings. The van der Waals surface area contributed by atoms with Gasteiger partial charge in [-0.05, 0) is 66.6 Å². The maximum Gasteiger partial charge on any atom is 0.241 e. The van der Waals surface area contributed by atoms with Crippen LogP contribution in [0.15, 0.2) is 83.8 Å². The fourth-order valence-electron chi connectivity index (χ4n) is 4.08. The summed E-state index contributed by atoms with van der Waals surface area (Å²) in [5.41, 5.74) is 3.11. The number of hydrogen-bond acceptors (Lipinski definition) is 3. The van der Waals surface area contributed by atoms with Crippen molar-refractivity contribution in [3.63, 3.8) is 0 Å². The van der Waals surface area contributed by atoms with Gasteiger partial charge in [-0.25, -0.2) is 12.8 Å². The Morgan fingerprint density at radius 2 is 1.66 bits per heavy atom. The molecule has 4 rings (SSSR count). The predicted molar refractivity (Wildman–Crippen MR) is 121 cm³/mol. The van der Waals surface area contributed by atoms with E-state index in [0.29, 0.717) is 0 Å². The topological polar surface area (TPSA) is 75.3 Å². The van der Waals surface area contributed by atoms with Crippen molar-refractivity contribution in [1.29, 1.82) is 0 Å². The van der Waals surface area contributed by atoms with Crippen LogP contribution in [0.25, 0.3) is 0 Å². The summed E-state index contributed by atoms with van der Waals surface area (Å²) in [5, 5.41) is 3.05. The molecule has 166 valence electrons. The first-order valence-corrected chi connectivity index (χ1v) is 12.1. The highest BCUT2D eigenvalue weighted by Gasteiger charge is 2.29. The van der Waals surface area contributed by atoms with Gasteiger partial charge in [-0.2, -0.15) is 4.72 Å². The van der Waals surface area contributed by atoms with Crippen LogP contribution >= 0.6 is 0 Å². The van der Waals surface area contributed by atoms with Crippen molar-refractivity contribution in [1.82, 2.24) is 10.0 Å². The van der Waals surface area contributed by atoms with E-state index < -0.39 is 21.9 Å². The standard InChI is InChI=1S/C25H25FN2O3S/c26-20-13-15-21(16-14-20)32(30,31)28-24(17-18-7-2-1-3-8-18)25(29)27-23-12-6-10-19-9-4-5-11-22(19)23/h1-5,7-9,11,13-16,23-24,28H,6,10,12,17H2,(H,27,29)/t23-,24-/m0/s1. The molecular formula is C25H25FN2O3S. The molecule has 0 saturated carbocycles. The van der Waals surface area contributed by atoms with Gasteiger partial charge in [-0.15, -0.1) is 0 Å². The van der Waals surface area contributed by atoms with Gasteiger partial charge in [0.1, 0.15) is 11.9 Å². The van der Waals surface area contributed by atoms with Crippen LogP contribution in [0.4, 0.5) is 4.39 Å². The van der Waals surface area contributed by atoms with Gasteiger partial charge >= 0.3 is 0 Å². The molecule has 3 aromatic rings. The van der Waals surface area contributed by atoms with Crippen molar-refractivity contribution in [3.05, 3.63) is 101 Å². The summed E-state index contributed by atoms with van der Waals surface area (Å²) in [4.78, 5) is 13.2. The highest BCUT2D eigenvalue weighted by atomic mass is 32.2. The van der Waals surface area contributed by atoms with Crippen LogP contribution in [0.3, 0.4) is 0 Å². The highest BCUT2D eigenvalue weighted by Crippen LogP contribution is 2.29. The second-order valence-electron chi connectivity index (χ2n) is 7.97. The van der Waals surface area contributed by atoms with Crippen LogP contribution in [0.1, 0.15) is 35.6 Å². The van der Waals surface area contributed by atoms with E-state index in [2.05, 4.69) is 16.1 Å². The quantitative estimate of drug-likeness (QED) is 0.571. The van der Waals surface area contributed by atoms with Crippen molar-refractivity contribution in [3.8, 4) is 0 Å². The summed E-state index contributed by atoms with van der Waals surface area (Å²) in [5.74, 6) is -0.917. The number of sulfonamides is 1. The monoisotopic (exact) mass is 452 g/mol. The Morgan fingerprint density at radius 1 is 0.969 bits per heavy atom. The smallest absolute Gasteiger partial charge is 0.241 e. The van der Waals surface area contributed by atoms with E-state index in [1.165, 1.54) is 17.7 Å². The third-order valence-corrected chi connectivity index (χ3v) is 7.19. The first-order chi connectivity index (χ1) is 15.4. The van der Waals surface area contributed by atoms with Crippen LogP contribution < -0.4 is 10.0 Å². The van der Waals surface area contributed by atoms with Gasteiger partial charge in [-0.1, -0.05) is 54.6 Å². The highest BCUT2D eigenvalue weighted by molar-refractivity contribution is 7.89. The van der Waals surface area contributed by atoms with Gasteiger partial charge in [0.15, 0.2) is 0 Å². The number of hydrogen-bond donors (Lipinski definition) is 2. The van der Waals surface area contributed by atoms with Crippen molar-refractivity contribution in [2.75, 3.05) is 0 Å². The van der Waals surface area contributed by atoms with E-state index >= 15 is 0 Å². The lowest BCUT2D eigenvalue weighted by Gasteiger charge is -2.28. The minimum atomic E-state index is -4.02. The molecule has 3 aromatic carbocycles. The molecule has 0 bridgehead atoms. The summed E-state index contributed by atoms with van der Waals surface area (Å²) in [6.45, 7) is 0. The number of carbonyl (C=O) groups is 1. The second-order valence-corrected chi connectivity index (χ2v) is 9.68. The number of aryl methyl sites for hydroxylation is 1. The number of amides is 1. The van der Waals surface area contributed by atoms with E-state index in [-0.39, 0.29) is 23.3 Å². The van der Waals surface area contributed by atoms with Crippen molar-refractivity contribution in [2.45, 2.75) is 42.7 Å². The molecule has 32 heavy (non-hydrogen) atoms. The number of benzene rings is 3. The first kappa shape index (κ1) is 22.2. The average molecular weight is 453 g/mol. The first-order valence-electron chi connectivity index (χ1n) is 10.6. The Morgan fingerprint density at radius 3 is 2.41 bits per heavy atom. The molecule has 0 spiro atoms. The third kappa shape index (κ3) is 5.23. The third-order valence-electron chi connectivity index (χ3n) is 5.71.